The lowest BCUT2D eigenvalue weighted by atomic mass is 10.00. The van der Waals surface area contributed by atoms with Crippen LogP contribution in [0.2, 0.25) is 5.02 Å². The van der Waals surface area contributed by atoms with E-state index in [-0.39, 0.29) is 5.91 Å². The largest absolute Gasteiger partial charge is 0.355 e. The summed E-state index contributed by atoms with van der Waals surface area (Å²) in [6, 6.07) is 13.1. The Kier molecular flexibility index (Phi) is 5.08. The van der Waals surface area contributed by atoms with Crippen LogP contribution in [0.15, 0.2) is 48.8 Å². The molecule has 7 nitrogen and oxygen atoms in total. The van der Waals surface area contributed by atoms with Gasteiger partial charge in [0.15, 0.2) is 0 Å². The van der Waals surface area contributed by atoms with Gasteiger partial charge in [-0.2, -0.15) is 4.98 Å². The highest BCUT2D eigenvalue weighted by Crippen LogP contribution is 2.27. The number of nitrogens with zero attached hydrogens (tertiary/aromatic N) is 4. The van der Waals surface area contributed by atoms with E-state index in [4.69, 9.17) is 11.6 Å². The maximum absolute atomic E-state index is 11.8. The lowest BCUT2D eigenvalue weighted by molar-refractivity contribution is 0.0963. The Balaban J connectivity index is 1.53. The molecular formula is C20H19ClN6O. The zero-order valence-corrected chi connectivity index (χ0v) is 16.1. The van der Waals surface area contributed by atoms with Crippen molar-refractivity contribution in [3.8, 4) is 0 Å². The summed E-state index contributed by atoms with van der Waals surface area (Å²) < 4.78 is 0. The summed E-state index contributed by atoms with van der Waals surface area (Å²) in [6.07, 6.45) is 2.33. The molecule has 0 fully saturated rings. The second-order valence-electron chi connectivity index (χ2n) is 6.44. The highest BCUT2D eigenvalue weighted by Gasteiger charge is 2.20. The van der Waals surface area contributed by atoms with Crippen molar-refractivity contribution in [3.63, 3.8) is 0 Å². The van der Waals surface area contributed by atoms with Crippen molar-refractivity contribution in [2.24, 2.45) is 0 Å². The number of fused-ring (bicyclic) bond motifs is 1. The number of anilines is 3. The van der Waals surface area contributed by atoms with Crippen LogP contribution in [0.5, 0.6) is 0 Å². The number of nitrogens with one attached hydrogen (secondary N) is 2. The van der Waals surface area contributed by atoms with Gasteiger partial charge < -0.3 is 15.5 Å². The Hall–Kier alpha value is -3.19. The first-order valence-electron chi connectivity index (χ1n) is 8.93. The molecule has 0 spiro atoms. The van der Waals surface area contributed by atoms with Gasteiger partial charge in [0, 0.05) is 36.4 Å². The summed E-state index contributed by atoms with van der Waals surface area (Å²) in [5.41, 5.74) is 3.67. The average molecular weight is 395 g/mol. The summed E-state index contributed by atoms with van der Waals surface area (Å²) in [5, 5.41) is 6.56. The van der Waals surface area contributed by atoms with Crippen molar-refractivity contribution < 1.29 is 4.79 Å². The van der Waals surface area contributed by atoms with E-state index in [0.29, 0.717) is 24.0 Å². The van der Waals surface area contributed by atoms with E-state index in [1.54, 1.807) is 25.2 Å². The van der Waals surface area contributed by atoms with E-state index in [1.807, 2.05) is 18.2 Å². The summed E-state index contributed by atoms with van der Waals surface area (Å²) in [5.74, 6) is 0.882. The molecule has 0 radical (unpaired) electrons. The fourth-order valence-electron chi connectivity index (χ4n) is 3.25. The van der Waals surface area contributed by atoms with Crippen LogP contribution in [-0.2, 0) is 13.0 Å². The second-order valence-corrected chi connectivity index (χ2v) is 6.85. The molecule has 28 heavy (non-hydrogen) atoms. The SMILES string of the molecule is CNC(=O)c1cccc(Nc2ncnc(N3CCc4c(Cl)cccc4C3)n2)c1. The molecular weight excluding hydrogens is 376 g/mol. The second kappa shape index (κ2) is 7.82. The third kappa shape index (κ3) is 3.75. The molecule has 0 unspecified atom stereocenters. The van der Waals surface area contributed by atoms with Gasteiger partial charge in [0.2, 0.25) is 11.9 Å². The average Bonchev–Trinajstić information content (AvgIpc) is 2.73. The molecule has 0 atom stereocenters. The topological polar surface area (TPSA) is 83.0 Å². The molecule has 142 valence electrons. The summed E-state index contributed by atoms with van der Waals surface area (Å²) >= 11 is 6.30. The summed E-state index contributed by atoms with van der Waals surface area (Å²) in [4.78, 5) is 27.0. The van der Waals surface area contributed by atoms with Gasteiger partial charge in [0.05, 0.1) is 0 Å². The first-order valence-corrected chi connectivity index (χ1v) is 9.31. The Morgan fingerprint density at radius 2 is 2.04 bits per heavy atom. The van der Waals surface area contributed by atoms with Crippen molar-refractivity contribution in [1.82, 2.24) is 20.3 Å². The van der Waals surface area contributed by atoms with Gasteiger partial charge in [0.1, 0.15) is 6.33 Å². The zero-order chi connectivity index (χ0) is 19.5. The van der Waals surface area contributed by atoms with Gasteiger partial charge in [-0.3, -0.25) is 4.79 Å². The molecule has 0 aliphatic carbocycles. The third-order valence-corrected chi connectivity index (χ3v) is 5.01. The fraction of sp³-hybridized carbons (Fsp3) is 0.200. The Morgan fingerprint density at radius 3 is 2.89 bits per heavy atom. The highest BCUT2D eigenvalue weighted by molar-refractivity contribution is 6.31. The lowest BCUT2D eigenvalue weighted by Crippen LogP contribution is -2.32. The van der Waals surface area contributed by atoms with E-state index in [1.165, 1.54) is 17.5 Å². The van der Waals surface area contributed by atoms with Crippen molar-refractivity contribution in [2.45, 2.75) is 13.0 Å². The van der Waals surface area contributed by atoms with Crippen molar-refractivity contribution in [1.29, 1.82) is 0 Å². The fourth-order valence-corrected chi connectivity index (χ4v) is 3.53. The number of rotatable bonds is 4. The number of carbonyl (C=O) groups is 1. The first-order chi connectivity index (χ1) is 13.6. The third-order valence-electron chi connectivity index (χ3n) is 4.66. The summed E-state index contributed by atoms with van der Waals surface area (Å²) in [6.45, 7) is 1.48. The van der Waals surface area contributed by atoms with Gasteiger partial charge in [-0.15, -0.1) is 0 Å². The Labute approximate surface area is 167 Å². The number of hydrogen-bond acceptors (Lipinski definition) is 6. The molecule has 8 heteroatoms. The number of amides is 1. The van der Waals surface area contributed by atoms with Gasteiger partial charge >= 0.3 is 0 Å². The molecule has 4 rings (SSSR count). The van der Waals surface area contributed by atoms with E-state index >= 15 is 0 Å². The van der Waals surface area contributed by atoms with Gasteiger partial charge in [-0.05, 0) is 41.8 Å². The monoisotopic (exact) mass is 394 g/mol. The van der Waals surface area contributed by atoms with Crippen LogP contribution < -0.4 is 15.5 Å². The van der Waals surface area contributed by atoms with Crippen molar-refractivity contribution in [3.05, 3.63) is 70.5 Å². The van der Waals surface area contributed by atoms with Crippen molar-refractivity contribution >= 4 is 35.1 Å². The predicted molar refractivity (Wildman–Crippen MR) is 109 cm³/mol. The molecule has 0 bridgehead atoms. The molecule has 2 N–H and O–H groups in total. The molecule has 0 saturated heterocycles. The van der Waals surface area contributed by atoms with Crippen LogP contribution >= 0.6 is 11.6 Å². The number of carbonyl (C=O) groups excluding carboxylic acids is 1. The molecule has 1 aliphatic heterocycles. The lowest BCUT2D eigenvalue weighted by Gasteiger charge is -2.29. The van der Waals surface area contributed by atoms with Crippen LogP contribution in [0.1, 0.15) is 21.5 Å². The molecule has 2 heterocycles. The predicted octanol–water partition coefficient (Wildman–Crippen LogP) is 3.19. The molecule has 1 aliphatic rings. The van der Waals surface area contributed by atoms with E-state index < -0.39 is 0 Å². The minimum Gasteiger partial charge on any atom is -0.355 e. The highest BCUT2D eigenvalue weighted by atomic mass is 35.5. The Bertz CT molecular complexity index is 1030. The standard InChI is InChI=1S/C20H19ClN6O/c1-22-18(28)13-4-2-6-15(10-13)25-19-23-12-24-20(26-19)27-9-8-16-14(11-27)5-3-7-17(16)21/h2-7,10,12H,8-9,11H2,1H3,(H,22,28)(H,23,24,25,26). The number of halogens is 1. The van der Waals surface area contributed by atoms with Crippen molar-refractivity contribution in [2.75, 3.05) is 23.8 Å². The first kappa shape index (κ1) is 18.2. The summed E-state index contributed by atoms with van der Waals surface area (Å²) in [7, 11) is 1.60. The maximum atomic E-state index is 11.8. The van der Waals surface area contributed by atoms with E-state index in [2.05, 4.69) is 36.6 Å². The molecule has 1 aromatic heterocycles. The molecule has 1 amide bonds. The molecule has 0 saturated carbocycles. The van der Waals surface area contributed by atoms with Crippen LogP contribution in [0, 0.1) is 0 Å². The Morgan fingerprint density at radius 1 is 1.18 bits per heavy atom. The van der Waals surface area contributed by atoms with Crippen LogP contribution in [0.4, 0.5) is 17.6 Å². The maximum Gasteiger partial charge on any atom is 0.251 e. The van der Waals surface area contributed by atoms with E-state index in [0.717, 1.165) is 23.7 Å². The minimum atomic E-state index is -0.148. The number of benzene rings is 2. The normalized spacial score (nSPS) is 13.0. The van der Waals surface area contributed by atoms with Gasteiger partial charge in [-0.25, -0.2) is 9.97 Å². The minimum absolute atomic E-state index is 0.148. The van der Waals surface area contributed by atoms with Crippen LogP contribution in [-0.4, -0.2) is 34.5 Å². The number of hydrogen-bond donors (Lipinski definition) is 2. The van der Waals surface area contributed by atoms with Gasteiger partial charge in [-0.1, -0.05) is 29.8 Å². The zero-order valence-electron chi connectivity index (χ0n) is 15.3. The quantitative estimate of drug-likeness (QED) is 0.707. The van der Waals surface area contributed by atoms with E-state index in [9.17, 15) is 4.79 Å². The molecule has 2 aromatic carbocycles. The molecule has 3 aromatic rings. The van der Waals surface area contributed by atoms with Gasteiger partial charge in [0.25, 0.3) is 5.91 Å². The number of aromatic nitrogens is 3. The van der Waals surface area contributed by atoms with Crippen LogP contribution in [0.3, 0.4) is 0 Å². The smallest absolute Gasteiger partial charge is 0.251 e. The van der Waals surface area contributed by atoms with Crippen LogP contribution in [0.25, 0.3) is 0 Å².